The Bertz CT molecular complexity index is 2270. The third-order valence-electron chi connectivity index (χ3n) is 12.4. The lowest BCUT2D eigenvalue weighted by molar-refractivity contribution is -0.147. The number of hydrazine groups is 1. The van der Waals surface area contributed by atoms with Gasteiger partial charge in [0.05, 0.1) is 40.1 Å². The number of nitrogens with zero attached hydrogens (tertiary/aromatic N) is 6. The van der Waals surface area contributed by atoms with Crippen LogP contribution in [0.25, 0.3) is 33.4 Å². The lowest BCUT2D eigenvalue weighted by atomic mass is 9.84. The number of aryl methyl sites for hydroxylation is 1. The molecular weight excluding hydrogens is 809 g/mol. The smallest absolute Gasteiger partial charge is 0.408 e. The summed E-state index contributed by atoms with van der Waals surface area (Å²) >= 11 is 1.39. The molecule has 0 radical (unpaired) electrons. The van der Waals surface area contributed by atoms with Crippen LogP contribution in [0.1, 0.15) is 96.5 Å². The fraction of sp³-hybridized carbons (Fsp3) is 0.587. The number of pyridine rings is 1. The van der Waals surface area contributed by atoms with E-state index >= 15 is 0 Å². The van der Waals surface area contributed by atoms with E-state index in [1.165, 1.54) is 35.7 Å². The third-order valence-corrected chi connectivity index (χ3v) is 13.3. The van der Waals surface area contributed by atoms with Crippen LogP contribution in [0.4, 0.5) is 10.5 Å². The summed E-state index contributed by atoms with van der Waals surface area (Å²) in [4.78, 5) is 54.0. The number of carbonyl (C=O) groups excluding carboxylic acids is 2. The number of ether oxygens (including phenoxy) is 2. The average molecular weight is 873 g/mol. The molecular formula is C46H64N8O7S. The van der Waals surface area contributed by atoms with Crippen LogP contribution in [0, 0.1) is 5.41 Å². The van der Waals surface area contributed by atoms with Gasteiger partial charge < -0.3 is 34.5 Å². The number of anilines is 1. The number of aliphatic hydroxyl groups is 1. The number of aliphatic hydroxyl groups excluding tert-OH is 1. The Hall–Kier alpha value is -4.61. The number of nitrogens with one attached hydrogen (secondary N) is 2. The molecule has 0 unspecified atom stereocenters. The molecule has 16 heteroatoms. The van der Waals surface area contributed by atoms with Gasteiger partial charge in [-0.25, -0.2) is 15.2 Å². The lowest BCUT2D eigenvalue weighted by Gasteiger charge is -2.39. The number of methoxy groups -OCH3 is 1. The molecule has 3 fully saturated rings. The highest BCUT2D eigenvalue weighted by Gasteiger charge is 2.35. The van der Waals surface area contributed by atoms with Crippen LogP contribution >= 0.6 is 11.3 Å². The molecule has 62 heavy (non-hydrogen) atoms. The number of fused-ring (bicyclic) bond motifs is 2. The number of rotatable bonds is 14. The molecule has 0 bridgehead atoms. The zero-order chi connectivity index (χ0) is 44.5. The van der Waals surface area contributed by atoms with Crippen molar-refractivity contribution in [2.75, 3.05) is 51.3 Å². The molecule has 1 aromatic carbocycles. The minimum Gasteiger partial charge on any atom is -0.480 e. The van der Waals surface area contributed by atoms with Crippen molar-refractivity contribution in [3.8, 4) is 22.5 Å². The maximum atomic E-state index is 13.9. The van der Waals surface area contributed by atoms with E-state index in [9.17, 15) is 24.6 Å². The van der Waals surface area contributed by atoms with E-state index < -0.39 is 41.1 Å². The molecule has 6 heterocycles. The molecule has 336 valence electrons. The van der Waals surface area contributed by atoms with Crippen LogP contribution < -0.4 is 15.6 Å². The molecule has 0 saturated carbocycles. The molecule has 4 N–H and O–H groups in total. The predicted octanol–water partition coefficient (Wildman–Crippen LogP) is 6.42. The van der Waals surface area contributed by atoms with Crippen molar-refractivity contribution in [2.45, 2.75) is 123 Å². The first kappa shape index (κ1) is 45.4. The Morgan fingerprint density at radius 3 is 2.55 bits per heavy atom. The highest BCUT2D eigenvalue weighted by molar-refractivity contribution is 7.10. The van der Waals surface area contributed by atoms with Crippen molar-refractivity contribution in [1.82, 2.24) is 35.2 Å². The van der Waals surface area contributed by atoms with Crippen molar-refractivity contribution in [3.63, 3.8) is 0 Å². The average Bonchev–Trinajstić information content (AvgIpc) is 3.99. The van der Waals surface area contributed by atoms with E-state index in [1.54, 1.807) is 27.9 Å². The summed E-state index contributed by atoms with van der Waals surface area (Å²) in [7, 11) is 1.72. The molecule has 3 saturated heterocycles. The second kappa shape index (κ2) is 18.6. The van der Waals surface area contributed by atoms with Gasteiger partial charge in [-0.05, 0) is 102 Å². The van der Waals surface area contributed by atoms with Crippen molar-refractivity contribution in [2.24, 2.45) is 5.41 Å². The van der Waals surface area contributed by atoms with Gasteiger partial charge in [-0.15, -0.1) is 11.3 Å². The number of carboxylic acid groups (broad SMARTS) is 1. The Morgan fingerprint density at radius 2 is 1.84 bits per heavy atom. The van der Waals surface area contributed by atoms with Crippen molar-refractivity contribution < 1.29 is 34.1 Å². The van der Waals surface area contributed by atoms with E-state index in [4.69, 9.17) is 19.4 Å². The fourth-order valence-electron chi connectivity index (χ4n) is 9.09. The zero-order valence-corrected chi connectivity index (χ0v) is 38.3. The summed E-state index contributed by atoms with van der Waals surface area (Å²) in [5.41, 5.74) is 9.44. The molecule has 15 nitrogen and oxygen atoms in total. The maximum absolute atomic E-state index is 13.9. The summed E-state index contributed by atoms with van der Waals surface area (Å²) in [6, 6.07) is 7.27. The van der Waals surface area contributed by atoms with E-state index in [2.05, 4.69) is 70.1 Å². The molecule has 3 aliphatic heterocycles. The van der Waals surface area contributed by atoms with Gasteiger partial charge >= 0.3 is 12.1 Å². The minimum absolute atomic E-state index is 0.00674. The molecule has 2 amide bonds. The third kappa shape index (κ3) is 9.94. The standard InChI is InChI=1S/C46H64N8O7S/c1-9-53-38-15-14-29(37-26-62-39(48-37)22-36(49-44(59)61-45(3,4)5)42(56)54-17-11-13-35(50-54)43(57)58)20-32(38)34(23-46(6,7)27-55)41(53)33-21-31(24-47-40(33)28(2)60-8)52-19-18-51-16-10-12-30(51)25-52/h14-15,20-21,24,26,28,30,35-36,50,55H,9-13,16-19,22-23,25,27H2,1-8H3,(H,49,59)(H,57,58)/t28-,30+,35-,36-/m0/s1. The van der Waals surface area contributed by atoms with Gasteiger partial charge in [0.2, 0.25) is 0 Å². The zero-order valence-electron chi connectivity index (χ0n) is 37.5. The summed E-state index contributed by atoms with van der Waals surface area (Å²) in [5.74, 6) is -1.51. The number of thiazole rings is 1. The number of hydrogen-bond acceptors (Lipinski definition) is 12. The van der Waals surface area contributed by atoms with E-state index in [0.717, 1.165) is 70.0 Å². The van der Waals surface area contributed by atoms with Gasteiger partial charge in [0.15, 0.2) is 0 Å². The second-order valence-corrected chi connectivity index (χ2v) is 19.7. The molecule has 4 atom stereocenters. The number of aliphatic carboxylic acids is 1. The normalized spacial score (nSPS) is 19.7. The van der Waals surface area contributed by atoms with Gasteiger partial charge in [0.1, 0.15) is 17.7 Å². The summed E-state index contributed by atoms with van der Waals surface area (Å²) < 4.78 is 13.8. The highest BCUT2D eigenvalue weighted by atomic mass is 32.1. The van der Waals surface area contributed by atoms with Crippen molar-refractivity contribution >= 4 is 45.9 Å². The SMILES string of the molecule is CCn1c(-c2cc(N3CCN4CCC[C@@H]4C3)cnc2[C@H](C)OC)c(CC(C)(C)CO)c2cc(-c3csc(C[C@H](NC(=O)OC(C)(C)C)C(=O)N4CCC[C@@H](C(=O)O)N4)n3)ccc21. The van der Waals surface area contributed by atoms with Crippen LogP contribution in [-0.4, -0.2) is 123 Å². The molecule has 0 aliphatic carbocycles. The highest BCUT2D eigenvalue weighted by Crippen LogP contribution is 2.43. The largest absolute Gasteiger partial charge is 0.480 e. The minimum atomic E-state index is -1.06. The topological polar surface area (TPSA) is 175 Å². The Morgan fingerprint density at radius 1 is 1.06 bits per heavy atom. The van der Waals surface area contributed by atoms with Crippen LogP contribution in [0.3, 0.4) is 0 Å². The van der Waals surface area contributed by atoms with Gasteiger partial charge in [-0.2, -0.15) is 0 Å². The molecule has 3 aliphatic rings. The number of alkyl carbamates (subject to hydrolysis) is 1. The number of hydrogen-bond donors (Lipinski definition) is 4. The number of aromatic nitrogens is 3. The lowest BCUT2D eigenvalue weighted by Crippen LogP contribution is -2.60. The Labute approximate surface area is 368 Å². The van der Waals surface area contributed by atoms with Gasteiger partial charge in [-0.3, -0.25) is 24.5 Å². The number of carboxylic acids is 1. The van der Waals surface area contributed by atoms with Crippen LogP contribution in [0.5, 0.6) is 0 Å². The molecule has 0 spiro atoms. The molecule has 7 rings (SSSR count). The summed E-state index contributed by atoms with van der Waals surface area (Å²) in [6.07, 6.45) is 5.03. The first-order valence-corrected chi connectivity index (χ1v) is 22.9. The first-order valence-electron chi connectivity index (χ1n) is 22.0. The predicted molar refractivity (Wildman–Crippen MR) is 241 cm³/mol. The van der Waals surface area contributed by atoms with Gasteiger partial charge in [-0.1, -0.05) is 19.9 Å². The number of amides is 2. The van der Waals surface area contributed by atoms with Crippen molar-refractivity contribution in [3.05, 3.63) is 52.1 Å². The quantitative estimate of drug-likeness (QED) is 0.110. The van der Waals surface area contributed by atoms with Crippen LogP contribution in [-0.2, 0) is 38.4 Å². The number of benzene rings is 1. The monoisotopic (exact) mass is 872 g/mol. The van der Waals surface area contributed by atoms with Crippen LogP contribution in [0.15, 0.2) is 35.8 Å². The van der Waals surface area contributed by atoms with E-state index in [0.29, 0.717) is 43.4 Å². The van der Waals surface area contributed by atoms with Crippen LogP contribution in [0.2, 0.25) is 0 Å². The number of piperazine rings is 1. The number of carbonyl (C=O) groups is 3. The van der Waals surface area contributed by atoms with E-state index in [1.807, 2.05) is 18.5 Å². The van der Waals surface area contributed by atoms with E-state index in [-0.39, 0.29) is 19.1 Å². The molecule has 4 aromatic rings. The Kier molecular flexibility index (Phi) is 13.6. The Balaban J connectivity index is 1.27. The summed E-state index contributed by atoms with van der Waals surface area (Å²) in [6.45, 7) is 18.8. The first-order chi connectivity index (χ1) is 29.5. The fourth-order valence-corrected chi connectivity index (χ4v) is 9.94. The molecule has 3 aromatic heterocycles. The second-order valence-electron chi connectivity index (χ2n) is 18.8. The maximum Gasteiger partial charge on any atom is 0.408 e. The summed E-state index contributed by atoms with van der Waals surface area (Å²) in [5, 5.41) is 28.0. The van der Waals surface area contributed by atoms with Gasteiger partial charge in [0, 0.05) is 86.3 Å². The van der Waals surface area contributed by atoms with Gasteiger partial charge in [0.25, 0.3) is 5.91 Å². The van der Waals surface area contributed by atoms with Crippen molar-refractivity contribution in [1.29, 1.82) is 0 Å².